The van der Waals surface area contributed by atoms with E-state index < -0.39 is 15.0 Å². The van der Waals surface area contributed by atoms with Crippen LogP contribution in [0.2, 0.25) is 5.04 Å². The minimum atomic E-state index is -2.53. The molecule has 0 unspecified atom stereocenters. The third kappa shape index (κ3) is 14.2. The molecule has 238 valence electrons. The molecule has 2 aromatic carbocycles. The van der Waals surface area contributed by atoms with Gasteiger partial charge < -0.3 is 37.6 Å². The summed E-state index contributed by atoms with van der Waals surface area (Å²) in [4.78, 5) is 0. The van der Waals surface area contributed by atoms with Crippen molar-refractivity contribution in [3.05, 3.63) is 60.7 Å². The molecule has 0 heterocycles. The summed E-state index contributed by atoms with van der Waals surface area (Å²) in [6, 6.07) is 21.2. The Morgan fingerprint density at radius 3 is 1.02 bits per heavy atom. The average molecular weight is 611 g/mol. The molecule has 0 bridgehead atoms. The van der Waals surface area contributed by atoms with Gasteiger partial charge in [0, 0.05) is 0 Å². The van der Waals surface area contributed by atoms with E-state index in [1.54, 1.807) is 0 Å². The smallest absolute Gasteiger partial charge is 0.261 e. The monoisotopic (exact) mass is 610 g/mol. The molecule has 0 aromatic heterocycles. The van der Waals surface area contributed by atoms with E-state index in [2.05, 4.69) is 81.4 Å². The lowest BCUT2D eigenvalue weighted by atomic mass is 10.2. The van der Waals surface area contributed by atoms with E-state index in [1.165, 1.54) is 10.4 Å². The fourth-order valence-corrected chi connectivity index (χ4v) is 9.04. The summed E-state index contributed by atoms with van der Waals surface area (Å²) < 4.78 is 56.8. The molecule has 0 N–H and O–H groups in total. The summed E-state index contributed by atoms with van der Waals surface area (Å²) in [5, 5.41) is 2.48. The third-order valence-electron chi connectivity index (χ3n) is 6.42. The standard InChI is InChI=1S/C32H51FO8Si/c1-32(2,3)42(30-10-6-4-7-11-30,31-12-8-5-9-13-31)41-29-28-40-27-26-39-25-24-38-23-22-37-21-20-36-19-18-35-17-16-34-15-14-33/h4-13H,14-29H2,1-3H3. The molecule has 0 fully saturated rings. The summed E-state index contributed by atoms with van der Waals surface area (Å²) >= 11 is 0. The molecule has 8 nitrogen and oxygen atoms in total. The van der Waals surface area contributed by atoms with Crippen LogP contribution in [-0.2, 0) is 37.6 Å². The van der Waals surface area contributed by atoms with Crippen molar-refractivity contribution in [2.75, 3.05) is 106 Å². The number of rotatable bonds is 26. The van der Waals surface area contributed by atoms with Gasteiger partial charge in [0.2, 0.25) is 0 Å². The van der Waals surface area contributed by atoms with Crippen LogP contribution in [0.1, 0.15) is 20.8 Å². The molecule has 2 aromatic rings. The predicted molar refractivity (Wildman–Crippen MR) is 165 cm³/mol. The van der Waals surface area contributed by atoms with Crippen molar-refractivity contribution >= 4 is 18.7 Å². The molecule has 0 spiro atoms. The van der Waals surface area contributed by atoms with Crippen LogP contribution >= 0.6 is 0 Å². The SMILES string of the molecule is CC(C)(C)[Si](OCCOCCOCCOCCOCCOCCOCCOCCF)(c1ccccc1)c1ccccc1. The Hall–Kier alpha value is -1.73. The van der Waals surface area contributed by atoms with Crippen molar-refractivity contribution in [2.45, 2.75) is 25.8 Å². The highest BCUT2D eigenvalue weighted by Gasteiger charge is 2.49. The molecule has 0 saturated heterocycles. The predicted octanol–water partition coefficient (Wildman–Crippen LogP) is 3.65. The first-order chi connectivity index (χ1) is 20.5. The number of alkyl halides is 1. The largest absolute Gasteiger partial charge is 0.405 e. The first-order valence-electron chi connectivity index (χ1n) is 14.9. The summed E-state index contributed by atoms with van der Waals surface area (Å²) in [7, 11) is -2.53. The summed E-state index contributed by atoms with van der Waals surface area (Å²) in [6.07, 6.45) is 0. The lowest BCUT2D eigenvalue weighted by Gasteiger charge is -2.43. The van der Waals surface area contributed by atoms with Gasteiger partial charge in [-0.15, -0.1) is 0 Å². The molecule has 0 aliphatic heterocycles. The Morgan fingerprint density at radius 2 is 0.738 bits per heavy atom. The maximum atomic E-state index is 11.9. The first-order valence-corrected chi connectivity index (χ1v) is 16.8. The summed E-state index contributed by atoms with van der Waals surface area (Å²) in [5.41, 5.74) is 0. The van der Waals surface area contributed by atoms with Crippen LogP contribution in [0.25, 0.3) is 0 Å². The normalized spacial score (nSPS) is 12.2. The van der Waals surface area contributed by atoms with Gasteiger partial charge in [-0.3, -0.25) is 0 Å². The highest BCUT2D eigenvalue weighted by Crippen LogP contribution is 2.36. The van der Waals surface area contributed by atoms with Crippen molar-refractivity contribution in [3.63, 3.8) is 0 Å². The quantitative estimate of drug-likeness (QED) is 0.118. The first kappa shape index (κ1) is 36.5. The molecule has 0 aliphatic rings. The Labute approximate surface area is 252 Å². The van der Waals surface area contributed by atoms with E-state index in [4.69, 9.17) is 37.6 Å². The fourth-order valence-electron chi connectivity index (χ4n) is 4.49. The van der Waals surface area contributed by atoms with Crippen LogP contribution < -0.4 is 10.4 Å². The summed E-state index contributed by atoms with van der Waals surface area (Å²) in [5.74, 6) is 0. The minimum absolute atomic E-state index is 0.0534. The van der Waals surface area contributed by atoms with Gasteiger partial charge in [-0.05, 0) is 15.4 Å². The average Bonchev–Trinajstić information content (AvgIpc) is 3.00. The second-order valence-corrected chi connectivity index (χ2v) is 14.8. The maximum Gasteiger partial charge on any atom is 0.261 e. The minimum Gasteiger partial charge on any atom is -0.405 e. The number of hydrogen-bond donors (Lipinski definition) is 0. The van der Waals surface area contributed by atoms with Gasteiger partial charge in [0.25, 0.3) is 8.32 Å². The number of benzene rings is 2. The highest BCUT2D eigenvalue weighted by atomic mass is 28.4. The topological polar surface area (TPSA) is 73.8 Å². The van der Waals surface area contributed by atoms with Crippen LogP contribution in [0, 0.1) is 0 Å². The zero-order valence-corrected chi connectivity index (χ0v) is 26.7. The van der Waals surface area contributed by atoms with E-state index in [9.17, 15) is 4.39 Å². The van der Waals surface area contributed by atoms with Gasteiger partial charge in [-0.1, -0.05) is 81.4 Å². The van der Waals surface area contributed by atoms with Gasteiger partial charge in [-0.2, -0.15) is 0 Å². The lowest BCUT2D eigenvalue weighted by Crippen LogP contribution is -2.66. The number of halogens is 1. The number of hydrogen-bond acceptors (Lipinski definition) is 8. The molecule has 0 aliphatic carbocycles. The molecule has 0 radical (unpaired) electrons. The third-order valence-corrected chi connectivity index (χ3v) is 11.5. The molecule has 0 saturated carbocycles. The molecule has 0 amide bonds. The molecular formula is C32H51FO8Si. The van der Waals surface area contributed by atoms with Crippen molar-refractivity contribution in [1.29, 1.82) is 0 Å². The van der Waals surface area contributed by atoms with E-state index >= 15 is 0 Å². The van der Waals surface area contributed by atoms with Crippen LogP contribution in [0.4, 0.5) is 4.39 Å². The highest BCUT2D eigenvalue weighted by molar-refractivity contribution is 6.99. The molecule has 42 heavy (non-hydrogen) atoms. The van der Waals surface area contributed by atoms with Gasteiger partial charge in [-0.25, -0.2) is 4.39 Å². The Balaban J connectivity index is 1.48. The van der Waals surface area contributed by atoms with E-state index in [1.807, 2.05) is 0 Å². The Kier molecular flexibility index (Phi) is 19.8. The van der Waals surface area contributed by atoms with Crippen molar-refractivity contribution in [3.8, 4) is 0 Å². The number of ether oxygens (including phenoxy) is 7. The second-order valence-electron chi connectivity index (χ2n) is 10.5. The fraction of sp³-hybridized carbons (Fsp3) is 0.625. The van der Waals surface area contributed by atoms with Gasteiger partial charge in [0.15, 0.2) is 0 Å². The van der Waals surface area contributed by atoms with Crippen molar-refractivity contribution in [2.24, 2.45) is 0 Å². The molecular weight excluding hydrogens is 559 g/mol. The Bertz CT molecular complexity index is 846. The van der Waals surface area contributed by atoms with Crippen LogP contribution in [0.3, 0.4) is 0 Å². The van der Waals surface area contributed by atoms with E-state index in [-0.39, 0.29) is 11.6 Å². The van der Waals surface area contributed by atoms with Crippen molar-refractivity contribution in [1.82, 2.24) is 0 Å². The van der Waals surface area contributed by atoms with E-state index in [0.29, 0.717) is 92.5 Å². The zero-order valence-electron chi connectivity index (χ0n) is 25.7. The van der Waals surface area contributed by atoms with E-state index in [0.717, 1.165) is 0 Å². The van der Waals surface area contributed by atoms with Crippen LogP contribution in [0.15, 0.2) is 60.7 Å². The zero-order chi connectivity index (χ0) is 30.2. The molecule has 0 atom stereocenters. The van der Waals surface area contributed by atoms with Gasteiger partial charge >= 0.3 is 0 Å². The van der Waals surface area contributed by atoms with Crippen molar-refractivity contribution < 1.29 is 42.0 Å². The lowest BCUT2D eigenvalue weighted by molar-refractivity contribution is -0.0215. The van der Waals surface area contributed by atoms with Crippen LogP contribution in [0.5, 0.6) is 0 Å². The second kappa shape index (κ2) is 22.8. The van der Waals surface area contributed by atoms with Gasteiger partial charge in [0.1, 0.15) is 6.67 Å². The van der Waals surface area contributed by atoms with Crippen LogP contribution in [-0.4, -0.2) is 114 Å². The van der Waals surface area contributed by atoms with Gasteiger partial charge in [0.05, 0.1) is 99.1 Å². The summed E-state index contributed by atoms with van der Waals surface area (Å²) in [6.45, 7) is 13.3. The molecule has 2 rings (SSSR count). The Morgan fingerprint density at radius 1 is 0.452 bits per heavy atom. The molecule has 10 heteroatoms. The maximum absolute atomic E-state index is 11.9.